The highest BCUT2D eigenvalue weighted by molar-refractivity contribution is 6.30. The van der Waals surface area contributed by atoms with Crippen molar-refractivity contribution in [3.8, 4) is 16.9 Å². The van der Waals surface area contributed by atoms with E-state index < -0.39 is 17.1 Å². The van der Waals surface area contributed by atoms with Gasteiger partial charge in [0.25, 0.3) is 0 Å². The molecule has 1 aliphatic rings. The summed E-state index contributed by atoms with van der Waals surface area (Å²) < 4.78 is 11.6. The highest BCUT2D eigenvalue weighted by Gasteiger charge is 2.53. The lowest BCUT2D eigenvalue weighted by Gasteiger charge is -2.42. The van der Waals surface area contributed by atoms with Crippen LogP contribution in [-0.2, 0) is 14.3 Å². The van der Waals surface area contributed by atoms with Crippen molar-refractivity contribution in [1.29, 1.82) is 0 Å². The monoisotopic (exact) mass is 400 g/mol. The second-order valence-corrected chi connectivity index (χ2v) is 8.41. The van der Waals surface area contributed by atoms with Crippen LogP contribution in [0.5, 0.6) is 5.75 Å². The normalized spacial score (nSPS) is 18.9. The second-order valence-electron chi connectivity index (χ2n) is 7.98. The molecule has 2 aromatic rings. The van der Waals surface area contributed by atoms with Crippen LogP contribution in [-0.4, -0.2) is 29.4 Å². The Kier molecular flexibility index (Phi) is 5.39. The minimum absolute atomic E-state index is 0.258. The smallest absolute Gasteiger partial charge is 0.179 e. The van der Waals surface area contributed by atoms with Crippen molar-refractivity contribution in [2.75, 3.05) is 6.61 Å². The average molecular weight is 401 g/mol. The molecule has 0 radical (unpaired) electrons. The minimum atomic E-state index is -1.07. The predicted molar refractivity (Wildman–Crippen MR) is 110 cm³/mol. The Morgan fingerprint density at radius 3 is 2.00 bits per heavy atom. The third-order valence-corrected chi connectivity index (χ3v) is 5.27. The zero-order chi connectivity index (χ0) is 20.7. The van der Waals surface area contributed by atoms with Crippen LogP contribution in [0.15, 0.2) is 42.5 Å². The number of ketones is 2. The molecule has 2 aromatic carbocycles. The summed E-state index contributed by atoms with van der Waals surface area (Å²) >= 11 is 6.00. The predicted octanol–water partition coefficient (Wildman–Crippen LogP) is 5.21. The van der Waals surface area contributed by atoms with Gasteiger partial charge in [0, 0.05) is 10.6 Å². The van der Waals surface area contributed by atoms with E-state index in [-0.39, 0.29) is 11.6 Å². The maximum atomic E-state index is 13.2. The summed E-state index contributed by atoms with van der Waals surface area (Å²) in [6, 6.07) is 13.0. The van der Waals surface area contributed by atoms with Crippen molar-refractivity contribution >= 4 is 23.2 Å². The molecule has 1 saturated heterocycles. The molecule has 0 N–H and O–H groups in total. The molecule has 0 saturated carbocycles. The van der Waals surface area contributed by atoms with Crippen LogP contribution < -0.4 is 4.74 Å². The minimum Gasteiger partial charge on any atom is -0.494 e. The largest absolute Gasteiger partial charge is 0.494 e. The van der Waals surface area contributed by atoms with Crippen LogP contribution in [0.1, 0.15) is 46.1 Å². The first-order valence-corrected chi connectivity index (χ1v) is 9.76. The molecular formula is C23H25ClO4. The first kappa shape index (κ1) is 20.6. The molecule has 0 amide bonds. The molecule has 0 bridgehead atoms. The molecule has 0 atom stereocenters. The summed E-state index contributed by atoms with van der Waals surface area (Å²) in [6.45, 7) is 9.14. The van der Waals surface area contributed by atoms with E-state index >= 15 is 0 Å². The van der Waals surface area contributed by atoms with Gasteiger partial charge in [-0.3, -0.25) is 9.59 Å². The van der Waals surface area contributed by atoms with Crippen molar-refractivity contribution in [2.24, 2.45) is 0 Å². The van der Waals surface area contributed by atoms with Gasteiger partial charge in [0.15, 0.2) is 11.6 Å². The fourth-order valence-electron chi connectivity index (χ4n) is 3.72. The molecule has 0 unspecified atom stereocenters. The van der Waals surface area contributed by atoms with Gasteiger partial charge >= 0.3 is 0 Å². The van der Waals surface area contributed by atoms with Gasteiger partial charge in [0.05, 0.1) is 6.61 Å². The van der Waals surface area contributed by atoms with Crippen LogP contribution in [0.4, 0.5) is 0 Å². The Hall–Kier alpha value is -2.17. The maximum Gasteiger partial charge on any atom is 0.179 e. The molecule has 28 heavy (non-hydrogen) atoms. The van der Waals surface area contributed by atoms with Crippen molar-refractivity contribution in [1.82, 2.24) is 0 Å². The van der Waals surface area contributed by atoms with Gasteiger partial charge < -0.3 is 9.47 Å². The van der Waals surface area contributed by atoms with Gasteiger partial charge in [-0.05, 0) is 70.0 Å². The fraction of sp³-hybridized carbons (Fsp3) is 0.391. The molecule has 0 spiro atoms. The summed E-state index contributed by atoms with van der Waals surface area (Å²) in [5.74, 6) is -0.912. The first-order valence-electron chi connectivity index (χ1n) is 9.38. The van der Waals surface area contributed by atoms with Crippen LogP contribution in [0.3, 0.4) is 0 Å². The number of benzene rings is 2. The van der Waals surface area contributed by atoms with Crippen molar-refractivity contribution in [3.63, 3.8) is 0 Å². The highest BCUT2D eigenvalue weighted by Crippen LogP contribution is 2.42. The van der Waals surface area contributed by atoms with E-state index in [2.05, 4.69) is 0 Å². The lowest BCUT2D eigenvalue weighted by molar-refractivity contribution is -0.184. The quantitative estimate of drug-likeness (QED) is 0.660. The summed E-state index contributed by atoms with van der Waals surface area (Å²) in [6.07, 6.45) is 0. The van der Waals surface area contributed by atoms with Crippen molar-refractivity contribution < 1.29 is 19.1 Å². The lowest BCUT2D eigenvalue weighted by Crippen LogP contribution is -2.57. The van der Waals surface area contributed by atoms with Gasteiger partial charge in [-0.2, -0.15) is 0 Å². The Morgan fingerprint density at radius 2 is 1.46 bits per heavy atom. The molecule has 0 aromatic heterocycles. The average Bonchev–Trinajstić information content (AvgIpc) is 2.62. The van der Waals surface area contributed by atoms with Gasteiger partial charge in [-0.25, -0.2) is 0 Å². The van der Waals surface area contributed by atoms with Gasteiger partial charge in [-0.15, -0.1) is 0 Å². The third kappa shape index (κ3) is 3.71. The topological polar surface area (TPSA) is 52.6 Å². The van der Waals surface area contributed by atoms with Crippen LogP contribution >= 0.6 is 11.6 Å². The molecule has 5 heteroatoms. The van der Waals surface area contributed by atoms with E-state index in [9.17, 15) is 9.59 Å². The van der Waals surface area contributed by atoms with E-state index in [1.807, 2.05) is 49.4 Å². The van der Waals surface area contributed by atoms with Crippen LogP contribution in [0.2, 0.25) is 5.02 Å². The number of halogens is 1. The van der Waals surface area contributed by atoms with E-state index in [4.69, 9.17) is 21.1 Å². The van der Waals surface area contributed by atoms with E-state index in [0.717, 1.165) is 11.1 Å². The first-order chi connectivity index (χ1) is 13.1. The number of Topliss-reactive ketones (excluding diaryl/α,β-unsaturated/α-hetero) is 2. The number of hydrogen-bond donors (Lipinski definition) is 0. The fourth-order valence-corrected chi connectivity index (χ4v) is 3.84. The molecule has 1 aliphatic heterocycles. The Bertz CT molecular complexity index is 887. The highest BCUT2D eigenvalue weighted by atomic mass is 35.5. The van der Waals surface area contributed by atoms with Crippen LogP contribution in [0.25, 0.3) is 11.1 Å². The van der Waals surface area contributed by atoms with Crippen LogP contribution in [0, 0.1) is 0 Å². The third-order valence-electron chi connectivity index (χ3n) is 5.02. The Balaban J connectivity index is 2.17. The molecule has 0 aliphatic carbocycles. The molecule has 4 nitrogen and oxygen atoms in total. The molecule has 1 fully saturated rings. The number of carbonyl (C=O) groups is 2. The van der Waals surface area contributed by atoms with Crippen molar-refractivity contribution in [2.45, 2.75) is 51.7 Å². The van der Waals surface area contributed by atoms with E-state index in [1.54, 1.807) is 27.7 Å². The standard InChI is InChI=1S/C23H25ClO4/c1-6-27-18-12-9-15(14-7-10-16(24)11-8-14)13-17(18)19-20(25)22(2,3)28-23(4,5)21(19)26/h7-13,19H,6H2,1-5H3. The Labute approximate surface area is 170 Å². The number of hydrogen-bond acceptors (Lipinski definition) is 4. The summed E-state index contributed by atoms with van der Waals surface area (Å²) in [5, 5.41) is 0.646. The zero-order valence-corrected chi connectivity index (χ0v) is 17.6. The SMILES string of the molecule is CCOc1ccc(-c2ccc(Cl)cc2)cc1C1C(=O)C(C)(C)OC(C)(C)C1=O. The summed E-state index contributed by atoms with van der Waals surface area (Å²) in [4.78, 5) is 26.4. The number of rotatable bonds is 4. The number of ether oxygens (including phenoxy) is 2. The maximum absolute atomic E-state index is 13.2. The van der Waals surface area contributed by atoms with Crippen molar-refractivity contribution in [3.05, 3.63) is 53.1 Å². The molecular weight excluding hydrogens is 376 g/mol. The van der Waals surface area contributed by atoms with Gasteiger partial charge in [0.2, 0.25) is 0 Å². The summed E-state index contributed by atoms with van der Waals surface area (Å²) in [5.41, 5.74) is 0.273. The van der Waals surface area contributed by atoms with E-state index in [1.165, 1.54) is 0 Å². The number of carbonyl (C=O) groups excluding carboxylic acids is 2. The lowest BCUT2D eigenvalue weighted by atomic mass is 9.74. The zero-order valence-electron chi connectivity index (χ0n) is 16.8. The van der Waals surface area contributed by atoms with Gasteiger partial charge in [-0.1, -0.05) is 29.8 Å². The van der Waals surface area contributed by atoms with E-state index in [0.29, 0.717) is 22.9 Å². The molecule has 148 valence electrons. The molecule has 3 rings (SSSR count). The summed E-state index contributed by atoms with van der Waals surface area (Å²) in [7, 11) is 0. The Morgan fingerprint density at radius 1 is 0.929 bits per heavy atom. The van der Waals surface area contributed by atoms with Gasteiger partial charge in [0.1, 0.15) is 22.9 Å². The second kappa shape index (κ2) is 7.34. The molecule has 1 heterocycles.